The van der Waals surface area contributed by atoms with Gasteiger partial charge in [0.2, 0.25) is 5.88 Å². The maximum absolute atomic E-state index is 6.05. The predicted octanol–water partition coefficient (Wildman–Crippen LogP) is 5.18. The number of hydrogen-bond donors (Lipinski definition) is 0. The number of nitrogens with zero attached hydrogens (tertiary/aromatic N) is 2. The van der Waals surface area contributed by atoms with Gasteiger partial charge in [0.05, 0.1) is 5.56 Å². The van der Waals surface area contributed by atoms with Crippen LogP contribution in [0.3, 0.4) is 0 Å². The summed E-state index contributed by atoms with van der Waals surface area (Å²) in [7, 11) is 0. The zero-order valence-corrected chi connectivity index (χ0v) is 12.4. The summed E-state index contributed by atoms with van der Waals surface area (Å²) < 4.78 is 5.70. The molecule has 3 nitrogen and oxygen atoms in total. The normalized spacial score (nSPS) is 10.5. The topological polar surface area (TPSA) is 35.0 Å². The molecule has 0 unspecified atom stereocenters. The Morgan fingerprint density at radius 3 is 2.37 bits per heavy atom. The van der Waals surface area contributed by atoms with Gasteiger partial charge in [-0.1, -0.05) is 48.1 Å². The quantitative estimate of drug-likeness (QED) is 0.729. The molecule has 0 radical (unpaired) electrons. The number of rotatable bonds is 4. The highest BCUT2D eigenvalue weighted by atomic mass is 35.5. The number of ether oxygens (including phenoxy) is 1. The Balaban J connectivity index is 2.34. The summed E-state index contributed by atoms with van der Waals surface area (Å²) >= 11 is 17.9. The third kappa shape index (κ3) is 3.72. The first-order chi connectivity index (χ1) is 9.10. The molecule has 2 aromatic rings. The Morgan fingerprint density at radius 1 is 1.05 bits per heavy atom. The zero-order valence-electron chi connectivity index (χ0n) is 10.2. The van der Waals surface area contributed by atoms with Crippen molar-refractivity contribution in [2.24, 2.45) is 0 Å². The highest BCUT2D eigenvalue weighted by Crippen LogP contribution is 2.31. The third-order valence-electron chi connectivity index (χ3n) is 2.40. The number of benzene rings is 1. The van der Waals surface area contributed by atoms with Gasteiger partial charge in [-0.25, -0.2) is 9.97 Å². The molecule has 19 heavy (non-hydrogen) atoms. The van der Waals surface area contributed by atoms with E-state index < -0.39 is 0 Å². The van der Waals surface area contributed by atoms with Crippen LogP contribution in [0.5, 0.6) is 11.6 Å². The van der Waals surface area contributed by atoms with Gasteiger partial charge in [-0.2, -0.15) is 0 Å². The fourth-order valence-electron chi connectivity index (χ4n) is 1.62. The maximum atomic E-state index is 6.05. The smallest absolute Gasteiger partial charge is 0.227 e. The summed E-state index contributed by atoms with van der Waals surface area (Å²) in [4.78, 5) is 8.07. The molecular formula is C13H11Cl3N2O. The van der Waals surface area contributed by atoms with E-state index in [2.05, 4.69) is 9.97 Å². The monoisotopic (exact) mass is 316 g/mol. The fraction of sp³-hybridized carbons (Fsp3) is 0.231. The Bertz CT molecular complexity index is 570. The van der Waals surface area contributed by atoms with Crippen LogP contribution >= 0.6 is 34.8 Å². The molecule has 0 amide bonds. The standard InChI is InChI=1S/C13H11Cl3N2O/c1-2-3-11-12(16)17-7-18-13(11)19-10-5-8(14)4-9(15)6-10/h4-7H,2-3H2,1H3. The lowest BCUT2D eigenvalue weighted by molar-refractivity contribution is 0.454. The van der Waals surface area contributed by atoms with Crippen LogP contribution in [0.1, 0.15) is 18.9 Å². The minimum Gasteiger partial charge on any atom is -0.438 e. The van der Waals surface area contributed by atoms with Gasteiger partial charge in [0.25, 0.3) is 0 Å². The van der Waals surface area contributed by atoms with Crippen molar-refractivity contribution in [3.63, 3.8) is 0 Å². The molecule has 2 rings (SSSR count). The van der Waals surface area contributed by atoms with Crippen molar-refractivity contribution >= 4 is 34.8 Å². The molecule has 6 heteroatoms. The maximum Gasteiger partial charge on any atom is 0.227 e. The summed E-state index contributed by atoms with van der Waals surface area (Å²) in [6.45, 7) is 2.05. The number of halogens is 3. The first kappa shape index (κ1) is 14.4. The van der Waals surface area contributed by atoms with E-state index in [0.717, 1.165) is 18.4 Å². The highest BCUT2D eigenvalue weighted by molar-refractivity contribution is 6.34. The molecule has 0 saturated carbocycles. The molecule has 1 aromatic heterocycles. The van der Waals surface area contributed by atoms with E-state index in [1.54, 1.807) is 18.2 Å². The summed E-state index contributed by atoms with van der Waals surface area (Å²) in [6, 6.07) is 4.97. The van der Waals surface area contributed by atoms with Crippen molar-refractivity contribution < 1.29 is 4.74 Å². The van der Waals surface area contributed by atoms with Gasteiger partial charge in [-0.05, 0) is 24.6 Å². The lowest BCUT2D eigenvalue weighted by atomic mass is 10.2. The van der Waals surface area contributed by atoms with E-state index in [4.69, 9.17) is 39.5 Å². The van der Waals surface area contributed by atoms with Gasteiger partial charge in [0.1, 0.15) is 17.2 Å². The van der Waals surface area contributed by atoms with Crippen molar-refractivity contribution in [2.45, 2.75) is 19.8 Å². The summed E-state index contributed by atoms with van der Waals surface area (Å²) in [5.74, 6) is 0.949. The Morgan fingerprint density at radius 2 is 1.74 bits per heavy atom. The fourth-order valence-corrected chi connectivity index (χ4v) is 2.35. The molecule has 0 fully saturated rings. The van der Waals surface area contributed by atoms with Crippen LogP contribution in [0.4, 0.5) is 0 Å². The average Bonchev–Trinajstić information content (AvgIpc) is 2.32. The van der Waals surface area contributed by atoms with Crippen molar-refractivity contribution in [1.29, 1.82) is 0 Å². The summed E-state index contributed by atoms with van der Waals surface area (Å²) in [5.41, 5.74) is 0.780. The molecule has 0 aliphatic carbocycles. The Hall–Kier alpha value is -1.03. The lowest BCUT2D eigenvalue weighted by Gasteiger charge is -2.10. The van der Waals surface area contributed by atoms with Gasteiger partial charge in [0.15, 0.2) is 0 Å². The van der Waals surface area contributed by atoms with E-state index in [1.165, 1.54) is 6.33 Å². The van der Waals surface area contributed by atoms with Crippen LogP contribution < -0.4 is 4.74 Å². The van der Waals surface area contributed by atoms with E-state index in [9.17, 15) is 0 Å². The molecule has 0 bridgehead atoms. The van der Waals surface area contributed by atoms with Crippen molar-refractivity contribution in [2.75, 3.05) is 0 Å². The average molecular weight is 318 g/mol. The van der Waals surface area contributed by atoms with Crippen LogP contribution in [0.15, 0.2) is 24.5 Å². The molecule has 0 atom stereocenters. The second-order valence-corrected chi connectivity index (χ2v) is 5.14. The third-order valence-corrected chi connectivity index (χ3v) is 3.17. The SMILES string of the molecule is CCCc1c(Cl)ncnc1Oc1cc(Cl)cc(Cl)c1. The Kier molecular flexibility index (Phi) is 4.86. The van der Waals surface area contributed by atoms with Crippen LogP contribution in [-0.2, 0) is 6.42 Å². The van der Waals surface area contributed by atoms with Gasteiger partial charge >= 0.3 is 0 Å². The number of hydrogen-bond acceptors (Lipinski definition) is 3. The van der Waals surface area contributed by atoms with Gasteiger partial charge in [-0.15, -0.1) is 0 Å². The van der Waals surface area contributed by atoms with E-state index in [1.807, 2.05) is 6.92 Å². The zero-order chi connectivity index (χ0) is 13.8. The predicted molar refractivity (Wildman–Crippen MR) is 77.6 cm³/mol. The second-order valence-electron chi connectivity index (χ2n) is 3.91. The molecule has 0 spiro atoms. The Labute approximate surface area is 126 Å². The molecular weight excluding hydrogens is 307 g/mol. The molecule has 0 aliphatic rings. The van der Waals surface area contributed by atoms with Gasteiger partial charge in [0, 0.05) is 10.0 Å². The van der Waals surface area contributed by atoms with Crippen LogP contribution in [0, 0.1) is 0 Å². The van der Waals surface area contributed by atoms with E-state index in [-0.39, 0.29) is 0 Å². The first-order valence-corrected chi connectivity index (χ1v) is 6.87. The van der Waals surface area contributed by atoms with Crippen LogP contribution in [0.2, 0.25) is 15.2 Å². The number of aromatic nitrogens is 2. The largest absolute Gasteiger partial charge is 0.438 e. The molecule has 0 saturated heterocycles. The van der Waals surface area contributed by atoms with E-state index >= 15 is 0 Å². The van der Waals surface area contributed by atoms with Crippen molar-refractivity contribution in [1.82, 2.24) is 9.97 Å². The molecule has 1 aromatic carbocycles. The summed E-state index contributed by atoms with van der Waals surface area (Å²) in [6.07, 6.45) is 3.02. The van der Waals surface area contributed by atoms with Crippen LogP contribution in [0.25, 0.3) is 0 Å². The van der Waals surface area contributed by atoms with E-state index in [0.29, 0.717) is 26.8 Å². The van der Waals surface area contributed by atoms with Crippen molar-refractivity contribution in [3.8, 4) is 11.6 Å². The minimum atomic E-state index is 0.403. The van der Waals surface area contributed by atoms with Gasteiger partial charge in [-0.3, -0.25) is 0 Å². The minimum absolute atomic E-state index is 0.403. The van der Waals surface area contributed by atoms with Gasteiger partial charge < -0.3 is 4.74 Å². The van der Waals surface area contributed by atoms with Crippen LogP contribution in [-0.4, -0.2) is 9.97 Å². The highest BCUT2D eigenvalue weighted by Gasteiger charge is 2.12. The molecule has 1 heterocycles. The molecule has 100 valence electrons. The molecule has 0 N–H and O–H groups in total. The lowest BCUT2D eigenvalue weighted by Crippen LogP contribution is -1.97. The second kappa shape index (κ2) is 6.42. The summed E-state index contributed by atoms with van der Waals surface area (Å²) in [5, 5.41) is 1.40. The molecule has 0 aliphatic heterocycles. The first-order valence-electron chi connectivity index (χ1n) is 5.73. The van der Waals surface area contributed by atoms with Crippen molar-refractivity contribution in [3.05, 3.63) is 45.3 Å².